The van der Waals surface area contributed by atoms with Crippen LogP contribution in [0.4, 0.5) is 26.3 Å². The maximum absolute atomic E-state index is 10.5. The van der Waals surface area contributed by atoms with Crippen LogP contribution in [-0.2, 0) is 30.7 Å². The van der Waals surface area contributed by atoms with Gasteiger partial charge in [-0.15, -0.1) is 0 Å². The molecule has 3 N–H and O–H groups in total. The molecule has 0 unspecified atom stereocenters. The first-order valence-corrected chi connectivity index (χ1v) is 5.70. The van der Waals surface area contributed by atoms with E-state index in [0.717, 1.165) is 0 Å². The van der Waals surface area contributed by atoms with E-state index in [1.807, 2.05) is 30.6 Å². The van der Waals surface area contributed by atoms with Crippen LogP contribution in [0, 0.1) is 0 Å². The largest absolute Gasteiger partial charge is 2.00 e. The van der Waals surface area contributed by atoms with Gasteiger partial charge in [0.15, 0.2) is 0 Å². The first-order chi connectivity index (χ1) is 10.9. The van der Waals surface area contributed by atoms with E-state index < -0.39 is 24.3 Å². The molecule has 0 aliphatic carbocycles. The second kappa shape index (κ2) is 12.2. The molecule has 0 aliphatic heterocycles. The molecule has 148 valence electrons. The van der Waals surface area contributed by atoms with Crippen LogP contribution in [-0.4, -0.2) is 29.3 Å². The number of carbonyl (C=O) groups excluding carboxylic acids is 2. The van der Waals surface area contributed by atoms with E-state index in [-0.39, 0.29) is 27.2 Å². The maximum Gasteiger partial charge on any atom is 2.00 e. The third-order valence-corrected chi connectivity index (χ3v) is 2.01. The Bertz CT molecular complexity index is 605. The Labute approximate surface area is 156 Å². The summed E-state index contributed by atoms with van der Waals surface area (Å²) < 4.78 is 63.1. The molecule has 0 amide bonds. The molecular formula is C13H10F6N2O4Pt. The zero-order chi connectivity index (χ0) is 19.0. The van der Waals surface area contributed by atoms with Crippen LogP contribution >= 0.6 is 0 Å². The van der Waals surface area contributed by atoms with E-state index in [0.29, 0.717) is 0 Å². The number of halogens is 6. The molecule has 0 aliphatic rings. The van der Waals surface area contributed by atoms with Crippen LogP contribution in [0.25, 0.3) is 10.8 Å². The second-order valence-electron chi connectivity index (χ2n) is 3.79. The van der Waals surface area contributed by atoms with Gasteiger partial charge in [0, 0.05) is 12.4 Å². The van der Waals surface area contributed by atoms with Crippen molar-refractivity contribution in [2.75, 3.05) is 0 Å². The van der Waals surface area contributed by atoms with E-state index in [1.54, 1.807) is 0 Å². The molecule has 0 saturated heterocycles. The van der Waals surface area contributed by atoms with Crippen LogP contribution in [0.3, 0.4) is 0 Å². The Morgan fingerprint density at radius 1 is 0.808 bits per heavy atom. The number of benzene rings is 1. The molecule has 1 aromatic carbocycles. The molecular weight excluding hydrogens is 557 g/mol. The predicted octanol–water partition coefficient (Wildman–Crippen LogP) is 0.991. The number of hydrogen-bond acceptors (Lipinski definition) is 6. The van der Waals surface area contributed by atoms with Crippen molar-refractivity contribution in [3.8, 4) is 0 Å². The number of carbonyl (C=O) groups is 2. The van der Waals surface area contributed by atoms with E-state index >= 15 is 0 Å². The van der Waals surface area contributed by atoms with Gasteiger partial charge in [-0.3, -0.25) is 4.98 Å². The Morgan fingerprint density at radius 2 is 1.15 bits per heavy atom. The third kappa shape index (κ3) is 12.2. The number of alkyl halides is 6. The van der Waals surface area contributed by atoms with Crippen molar-refractivity contribution < 1.29 is 67.2 Å². The summed E-state index contributed by atoms with van der Waals surface area (Å²) in [5, 5.41) is 20.0. The summed E-state index contributed by atoms with van der Waals surface area (Å²) in [4.78, 5) is 21.6. The van der Waals surface area contributed by atoms with Crippen LogP contribution in [0.15, 0.2) is 42.7 Å². The van der Waals surface area contributed by atoms with Crippen molar-refractivity contribution in [1.82, 2.24) is 11.1 Å². The summed E-state index contributed by atoms with van der Waals surface area (Å²) in [5.74, 6) is -6.01. The molecule has 0 bridgehead atoms. The molecule has 13 heteroatoms. The summed E-state index contributed by atoms with van der Waals surface area (Å²) in [5.41, 5.74) is 0. The van der Waals surface area contributed by atoms with Crippen molar-refractivity contribution in [3.05, 3.63) is 42.7 Å². The summed E-state index contributed by atoms with van der Waals surface area (Å²) in [6.07, 6.45) is -6.71. The summed E-state index contributed by atoms with van der Waals surface area (Å²) in [6.45, 7) is 0. The minimum Gasteiger partial charge on any atom is -0.542 e. The smallest absolute Gasteiger partial charge is 0.542 e. The molecule has 1 aromatic heterocycles. The number of hydrogen-bond donors (Lipinski definition) is 1. The standard InChI is InChI=1S/C9H7N.2C2HF3O2.H3N.Pt/c1-2-4-9-7-10-6-5-8(9)3-1;2*3-2(4,5)1(6)7;;/h1-7H;2*(H,6,7);1H3;/q;;;;+2/p-2. The van der Waals surface area contributed by atoms with Gasteiger partial charge in [-0.2, -0.15) is 26.3 Å². The van der Waals surface area contributed by atoms with Crippen LogP contribution in [0.2, 0.25) is 0 Å². The molecule has 0 fully saturated rings. The zero-order valence-corrected chi connectivity index (χ0v) is 14.7. The van der Waals surface area contributed by atoms with Crippen molar-refractivity contribution >= 4 is 22.7 Å². The fourth-order valence-electron chi connectivity index (χ4n) is 1.03. The number of carboxylic acids is 2. The van der Waals surface area contributed by atoms with Gasteiger partial charge in [-0.1, -0.05) is 24.3 Å². The Hall–Kier alpha value is -2.20. The van der Waals surface area contributed by atoms with Gasteiger partial charge in [-0.05, 0) is 16.8 Å². The second-order valence-corrected chi connectivity index (χ2v) is 3.79. The first-order valence-electron chi connectivity index (χ1n) is 5.70. The average molecular weight is 567 g/mol. The molecule has 0 spiro atoms. The van der Waals surface area contributed by atoms with Crippen molar-refractivity contribution in [2.24, 2.45) is 0 Å². The quantitative estimate of drug-likeness (QED) is 0.474. The van der Waals surface area contributed by atoms with Gasteiger partial charge in [-0.25, -0.2) is 0 Å². The molecule has 2 aromatic rings. The molecule has 2 rings (SSSR count). The van der Waals surface area contributed by atoms with Crippen molar-refractivity contribution in [2.45, 2.75) is 12.4 Å². The summed E-state index contributed by atoms with van der Waals surface area (Å²) in [7, 11) is 0. The van der Waals surface area contributed by atoms with Crippen molar-refractivity contribution in [3.63, 3.8) is 0 Å². The predicted molar refractivity (Wildman–Crippen MR) is 68.9 cm³/mol. The topological polar surface area (TPSA) is 128 Å². The number of aliphatic carboxylic acids is 2. The van der Waals surface area contributed by atoms with Crippen LogP contribution in [0.5, 0.6) is 0 Å². The minimum absolute atomic E-state index is 0. The summed E-state index contributed by atoms with van der Waals surface area (Å²) >= 11 is 0. The molecule has 0 saturated carbocycles. The monoisotopic (exact) mass is 567 g/mol. The van der Waals surface area contributed by atoms with Crippen LogP contribution < -0.4 is 16.4 Å². The number of nitrogens with zero attached hydrogens (tertiary/aromatic N) is 1. The van der Waals surface area contributed by atoms with Gasteiger partial charge < -0.3 is 26.0 Å². The van der Waals surface area contributed by atoms with E-state index in [1.165, 1.54) is 10.8 Å². The van der Waals surface area contributed by atoms with Crippen LogP contribution in [0.1, 0.15) is 0 Å². The first kappa shape index (κ1) is 28.6. The fraction of sp³-hybridized carbons (Fsp3) is 0.154. The molecule has 26 heavy (non-hydrogen) atoms. The molecule has 0 atom stereocenters. The number of pyridine rings is 1. The summed E-state index contributed by atoms with van der Waals surface area (Å²) in [6, 6.07) is 10.2. The fourth-order valence-corrected chi connectivity index (χ4v) is 1.03. The molecule has 6 nitrogen and oxygen atoms in total. The van der Waals surface area contributed by atoms with Gasteiger partial charge >= 0.3 is 33.4 Å². The minimum atomic E-state index is -5.19. The van der Waals surface area contributed by atoms with E-state index in [2.05, 4.69) is 17.1 Å². The molecule has 0 radical (unpaired) electrons. The maximum atomic E-state index is 10.5. The third-order valence-electron chi connectivity index (χ3n) is 2.01. The van der Waals surface area contributed by atoms with Gasteiger partial charge in [0.2, 0.25) is 0 Å². The Kier molecular flexibility index (Phi) is 13.4. The molecule has 1 heterocycles. The van der Waals surface area contributed by atoms with Gasteiger partial charge in [0.25, 0.3) is 0 Å². The van der Waals surface area contributed by atoms with Crippen molar-refractivity contribution in [1.29, 1.82) is 0 Å². The number of fused-ring (bicyclic) bond motifs is 1. The average Bonchev–Trinajstić information content (AvgIpc) is 2.46. The Balaban J connectivity index is -0.000000303. The van der Waals surface area contributed by atoms with Gasteiger partial charge in [0.05, 0.1) is 0 Å². The number of rotatable bonds is 0. The van der Waals surface area contributed by atoms with E-state index in [9.17, 15) is 26.3 Å². The SMILES string of the molecule is N.O=C([O-])C(F)(F)F.O=C([O-])C(F)(F)F.[Pt+2].c1ccc2cnccc2c1. The number of aromatic nitrogens is 1. The van der Waals surface area contributed by atoms with Gasteiger partial charge in [0.1, 0.15) is 11.9 Å². The Morgan fingerprint density at radius 3 is 1.46 bits per heavy atom. The number of carboxylic acid groups (broad SMARTS) is 2. The normalized spacial score (nSPS) is 9.92. The van der Waals surface area contributed by atoms with E-state index in [4.69, 9.17) is 19.8 Å². The zero-order valence-electron chi connectivity index (χ0n) is 12.4.